The van der Waals surface area contributed by atoms with Gasteiger partial charge < -0.3 is 5.73 Å². The molecule has 0 aliphatic heterocycles. The number of hydrogen-bond donors (Lipinski definition) is 1. The summed E-state index contributed by atoms with van der Waals surface area (Å²) in [5, 5.41) is 0.813. The van der Waals surface area contributed by atoms with Gasteiger partial charge in [0.1, 0.15) is 0 Å². The summed E-state index contributed by atoms with van der Waals surface area (Å²) in [5.74, 6) is 0.873. The molecule has 0 heterocycles. The van der Waals surface area contributed by atoms with Crippen molar-refractivity contribution in [2.75, 3.05) is 0 Å². The molecule has 1 aromatic rings. The predicted octanol–water partition coefficient (Wildman–Crippen LogP) is 3.74. The van der Waals surface area contributed by atoms with Crippen molar-refractivity contribution in [3.63, 3.8) is 0 Å². The van der Waals surface area contributed by atoms with Crippen LogP contribution in [-0.2, 0) is 0 Å². The molecule has 1 aliphatic rings. The molecule has 0 spiro atoms. The molecule has 0 saturated heterocycles. The van der Waals surface area contributed by atoms with E-state index < -0.39 is 0 Å². The molecule has 1 fully saturated rings. The summed E-state index contributed by atoms with van der Waals surface area (Å²) in [6, 6.07) is 6.26. The highest BCUT2D eigenvalue weighted by molar-refractivity contribution is 14.1. The van der Waals surface area contributed by atoms with Crippen LogP contribution in [0.3, 0.4) is 0 Å². The highest BCUT2D eigenvalue weighted by Gasteiger charge is 2.24. The third-order valence-corrected chi connectivity index (χ3v) is 4.20. The van der Waals surface area contributed by atoms with E-state index in [1.54, 1.807) is 0 Å². The molecule has 0 bridgehead atoms. The maximum Gasteiger partial charge on any atom is 0.0539 e. The van der Waals surface area contributed by atoms with Crippen LogP contribution in [0.25, 0.3) is 0 Å². The minimum absolute atomic E-state index is 0.188. The minimum Gasteiger partial charge on any atom is -0.324 e. The SMILES string of the molecule is N[C@H](CC1CC1)c1ccc(Cl)c(I)c1. The second kappa shape index (κ2) is 4.37. The van der Waals surface area contributed by atoms with Gasteiger partial charge in [0.2, 0.25) is 0 Å². The molecule has 2 N–H and O–H groups in total. The summed E-state index contributed by atoms with van der Waals surface area (Å²) >= 11 is 8.20. The first kappa shape index (κ1) is 10.7. The molecule has 14 heavy (non-hydrogen) atoms. The van der Waals surface area contributed by atoms with Gasteiger partial charge in [0.25, 0.3) is 0 Å². The van der Waals surface area contributed by atoms with Gasteiger partial charge in [-0.05, 0) is 52.6 Å². The topological polar surface area (TPSA) is 26.0 Å². The van der Waals surface area contributed by atoms with E-state index in [9.17, 15) is 0 Å². The molecule has 1 aliphatic carbocycles. The Morgan fingerprint density at radius 2 is 2.21 bits per heavy atom. The van der Waals surface area contributed by atoms with Crippen LogP contribution >= 0.6 is 34.2 Å². The van der Waals surface area contributed by atoms with Crippen LogP contribution in [0.1, 0.15) is 30.9 Å². The Hall–Kier alpha value is 0.200. The average Bonchev–Trinajstić information content (AvgIpc) is 2.93. The molecule has 2 rings (SSSR count). The number of rotatable bonds is 3. The normalized spacial score (nSPS) is 18.2. The summed E-state index contributed by atoms with van der Waals surface area (Å²) in [4.78, 5) is 0. The first-order valence-electron chi connectivity index (χ1n) is 4.87. The zero-order valence-electron chi connectivity index (χ0n) is 7.84. The second-order valence-electron chi connectivity index (χ2n) is 3.96. The van der Waals surface area contributed by atoms with Crippen LogP contribution in [0.5, 0.6) is 0 Å². The van der Waals surface area contributed by atoms with E-state index in [2.05, 4.69) is 28.7 Å². The number of nitrogens with two attached hydrogens (primary N) is 1. The highest BCUT2D eigenvalue weighted by atomic mass is 127. The molecule has 1 aromatic carbocycles. The average molecular weight is 322 g/mol. The van der Waals surface area contributed by atoms with Crippen LogP contribution in [0.2, 0.25) is 5.02 Å². The molecule has 0 radical (unpaired) electrons. The maximum atomic E-state index is 6.11. The van der Waals surface area contributed by atoms with Crippen LogP contribution in [0.4, 0.5) is 0 Å². The van der Waals surface area contributed by atoms with Crippen molar-refractivity contribution in [1.82, 2.24) is 0 Å². The van der Waals surface area contributed by atoms with Crippen molar-refractivity contribution in [1.29, 1.82) is 0 Å². The minimum atomic E-state index is 0.188. The van der Waals surface area contributed by atoms with Crippen molar-refractivity contribution >= 4 is 34.2 Å². The van der Waals surface area contributed by atoms with E-state index >= 15 is 0 Å². The van der Waals surface area contributed by atoms with Gasteiger partial charge in [-0.2, -0.15) is 0 Å². The smallest absolute Gasteiger partial charge is 0.0539 e. The van der Waals surface area contributed by atoms with E-state index in [0.717, 1.165) is 20.9 Å². The fourth-order valence-electron chi connectivity index (χ4n) is 1.59. The fraction of sp³-hybridized carbons (Fsp3) is 0.455. The van der Waals surface area contributed by atoms with Crippen molar-refractivity contribution in [2.24, 2.45) is 11.7 Å². The molecule has 1 nitrogen and oxygen atoms in total. The zero-order valence-corrected chi connectivity index (χ0v) is 10.8. The van der Waals surface area contributed by atoms with E-state index in [1.165, 1.54) is 18.4 Å². The number of benzene rings is 1. The van der Waals surface area contributed by atoms with Crippen molar-refractivity contribution in [2.45, 2.75) is 25.3 Å². The van der Waals surface area contributed by atoms with E-state index in [1.807, 2.05) is 12.1 Å². The van der Waals surface area contributed by atoms with Crippen LogP contribution < -0.4 is 5.73 Å². The van der Waals surface area contributed by atoms with Gasteiger partial charge >= 0.3 is 0 Å². The van der Waals surface area contributed by atoms with Gasteiger partial charge in [-0.25, -0.2) is 0 Å². The lowest BCUT2D eigenvalue weighted by atomic mass is 10.0. The first-order chi connectivity index (χ1) is 6.66. The molecular formula is C11H13ClIN. The van der Waals surface area contributed by atoms with Gasteiger partial charge in [-0.3, -0.25) is 0 Å². The van der Waals surface area contributed by atoms with E-state index in [0.29, 0.717) is 0 Å². The zero-order chi connectivity index (χ0) is 10.1. The summed E-state index contributed by atoms with van der Waals surface area (Å²) < 4.78 is 1.09. The van der Waals surface area contributed by atoms with Gasteiger partial charge in [0.05, 0.1) is 5.02 Å². The Labute approximate surface area is 103 Å². The van der Waals surface area contributed by atoms with Gasteiger partial charge in [0.15, 0.2) is 0 Å². The molecule has 0 unspecified atom stereocenters. The fourth-order valence-corrected chi connectivity index (χ4v) is 2.25. The number of halogens is 2. The Balaban J connectivity index is 2.10. The van der Waals surface area contributed by atoms with Crippen molar-refractivity contribution < 1.29 is 0 Å². The van der Waals surface area contributed by atoms with E-state index in [4.69, 9.17) is 17.3 Å². The Morgan fingerprint density at radius 3 is 2.79 bits per heavy atom. The lowest BCUT2D eigenvalue weighted by Gasteiger charge is -2.12. The van der Waals surface area contributed by atoms with Crippen molar-refractivity contribution in [3.05, 3.63) is 32.4 Å². The monoisotopic (exact) mass is 321 g/mol. The lowest BCUT2D eigenvalue weighted by Crippen LogP contribution is -2.11. The Kier molecular flexibility index (Phi) is 3.34. The Bertz CT molecular complexity index is 336. The van der Waals surface area contributed by atoms with Crippen molar-refractivity contribution in [3.8, 4) is 0 Å². The summed E-state index contributed by atoms with van der Waals surface area (Å²) in [6.45, 7) is 0. The molecule has 1 saturated carbocycles. The number of hydrogen-bond acceptors (Lipinski definition) is 1. The molecule has 0 aromatic heterocycles. The largest absolute Gasteiger partial charge is 0.324 e. The third kappa shape index (κ3) is 2.61. The quantitative estimate of drug-likeness (QED) is 0.843. The molecule has 76 valence electrons. The van der Waals surface area contributed by atoms with E-state index in [-0.39, 0.29) is 6.04 Å². The second-order valence-corrected chi connectivity index (χ2v) is 5.53. The highest BCUT2D eigenvalue weighted by Crippen LogP contribution is 2.37. The summed E-state index contributed by atoms with van der Waals surface area (Å²) in [6.07, 6.45) is 3.84. The van der Waals surface area contributed by atoms with Crippen LogP contribution in [0, 0.1) is 9.49 Å². The molecule has 1 atom stereocenters. The van der Waals surface area contributed by atoms with Gasteiger partial charge in [-0.1, -0.05) is 30.5 Å². The van der Waals surface area contributed by atoms with Crippen LogP contribution in [0.15, 0.2) is 18.2 Å². The molecular weight excluding hydrogens is 308 g/mol. The van der Waals surface area contributed by atoms with Gasteiger partial charge in [0, 0.05) is 9.61 Å². The molecule has 0 amide bonds. The maximum absolute atomic E-state index is 6.11. The summed E-state index contributed by atoms with van der Waals surface area (Å²) in [7, 11) is 0. The predicted molar refractivity (Wildman–Crippen MR) is 68.4 cm³/mol. The molecule has 3 heteroatoms. The third-order valence-electron chi connectivity index (χ3n) is 2.66. The Morgan fingerprint density at radius 1 is 1.50 bits per heavy atom. The van der Waals surface area contributed by atoms with Gasteiger partial charge in [-0.15, -0.1) is 0 Å². The first-order valence-corrected chi connectivity index (χ1v) is 6.33. The standard InChI is InChI=1S/C11H13ClIN/c12-9-4-3-8(6-10(9)13)11(14)5-7-1-2-7/h3-4,6-7,11H,1-2,5,14H2/t11-/m1/s1. The van der Waals surface area contributed by atoms with Crippen LogP contribution in [-0.4, -0.2) is 0 Å². The lowest BCUT2D eigenvalue weighted by molar-refractivity contribution is 0.597. The summed E-state index contributed by atoms with van der Waals surface area (Å²) in [5.41, 5.74) is 7.32.